The molecule has 1 aliphatic carbocycles. The van der Waals surface area contributed by atoms with Crippen molar-refractivity contribution < 1.29 is 0 Å². The second-order valence-corrected chi connectivity index (χ2v) is 3.51. The topological polar surface area (TPSA) is 12.9 Å². The molecule has 1 heterocycles. The van der Waals surface area contributed by atoms with Crippen molar-refractivity contribution >= 4 is 0 Å². The Bertz CT molecular complexity index is 278. The lowest BCUT2D eigenvalue weighted by Gasteiger charge is -2.01. The van der Waals surface area contributed by atoms with Crippen LogP contribution in [0.1, 0.15) is 36.7 Å². The predicted molar refractivity (Wildman–Crippen MR) is 50.3 cm³/mol. The molecule has 1 heteroatoms. The lowest BCUT2D eigenvalue weighted by molar-refractivity contribution is 0.856. The maximum Gasteiger partial charge on any atom is 0.0438 e. The molecular weight excluding hydrogens is 146 g/mol. The number of nitrogens with zero attached hydrogens (tertiary/aromatic N) is 1. The molecule has 0 radical (unpaired) electrons. The number of hydrogen-bond acceptors (Lipinski definition) is 1. The van der Waals surface area contributed by atoms with Crippen LogP contribution < -0.4 is 0 Å². The van der Waals surface area contributed by atoms with E-state index in [1.807, 2.05) is 0 Å². The van der Waals surface area contributed by atoms with Gasteiger partial charge in [-0.15, -0.1) is 0 Å². The fourth-order valence-electron chi connectivity index (χ4n) is 1.86. The van der Waals surface area contributed by atoms with E-state index in [4.69, 9.17) is 0 Å². The van der Waals surface area contributed by atoms with Crippen LogP contribution in [0.15, 0.2) is 12.1 Å². The number of rotatable bonds is 2. The van der Waals surface area contributed by atoms with E-state index in [1.165, 1.54) is 42.6 Å². The maximum absolute atomic E-state index is 4.64. The van der Waals surface area contributed by atoms with Gasteiger partial charge < -0.3 is 0 Å². The summed E-state index contributed by atoms with van der Waals surface area (Å²) in [7, 11) is 0. The van der Waals surface area contributed by atoms with Crippen LogP contribution in [0.2, 0.25) is 0 Å². The Balaban J connectivity index is 2.26. The van der Waals surface area contributed by atoms with Crippen molar-refractivity contribution in [1.82, 2.24) is 4.98 Å². The summed E-state index contributed by atoms with van der Waals surface area (Å²) < 4.78 is 0. The van der Waals surface area contributed by atoms with Gasteiger partial charge in [0.05, 0.1) is 0 Å². The highest BCUT2D eigenvalue weighted by Gasteiger charge is 2.11. The third kappa shape index (κ3) is 1.36. The number of hydrogen-bond donors (Lipinski definition) is 0. The van der Waals surface area contributed by atoms with Crippen LogP contribution in [-0.4, -0.2) is 4.98 Å². The summed E-state index contributed by atoms with van der Waals surface area (Å²) >= 11 is 0. The van der Waals surface area contributed by atoms with Crippen LogP contribution >= 0.6 is 0 Å². The summed E-state index contributed by atoms with van der Waals surface area (Å²) in [5.74, 6) is 0. The third-order valence-corrected chi connectivity index (χ3v) is 2.49. The molecule has 0 aliphatic heterocycles. The molecule has 0 fully saturated rings. The molecule has 0 unspecified atom stereocenters. The molecule has 0 N–H and O–H groups in total. The number of aryl methyl sites for hydroxylation is 3. The van der Waals surface area contributed by atoms with Crippen molar-refractivity contribution in [3.8, 4) is 0 Å². The first kappa shape index (κ1) is 7.78. The zero-order valence-electron chi connectivity index (χ0n) is 7.64. The van der Waals surface area contributed by atoms with Gasteiger partial charge in [-0.05, 0) is 37.3 Å². The van der Waals surface area contributed by atoms with Gasteiger partial charge >= 0.3 is 0 Å². The molecule has 0 saturated carbocycles. The lowest BCUT2D eigenvalue weighted by atomic mass is 10.1. The second-order valence-electron chi connectivity index (χ2n) is 3.51. The summed E-state index contributed by atoms with van der Waals surface area (Å²) in [5, 5.41) is 0. The van der Waals surface area contributed by atoms with E-state index < -0.39 is 0 Å². The fraction of sp³-hybridized carbons (Fsp3) is 0.545. The maximum atomic E-state index is 4.64. The molecule has 0 saturated heterocycles. The monoisotopic (exact) mass is 161 g/mol. The highest BCUT2D eigenvalue weighted by molar-refractivity contribution is 5.27. The highest BCUT2D eigenvalue weighted by atomic mass is 14.7. The molecule has 1 aromatic heterocycles. The van der Waals surface area contributed by atoms with E-state index in [2.05, 4.69) is 24.0 Å². The van der Waals surface area contributed by atoms with Crippen LogP contribution in [0.25, 0.3) is 0 Å². The first-order chi connectivity index (χ1) is 5.90. The summed E-state index contributed by atoms with van der Waals surface area (Å²) in [4.78, 5) is 4.64. The predicted octanol–water partition coefficient (Wildman–Crippen LogP) is 2.52. The molecule has 1 aromatic rings. The average Bonchev–Trinajstić information content (AvgIpc) is 2.51. The van der Waals surface area contributed by atoms with E-state index >= 15 is 0 Å². The van der Waals surface area contributed by atoms with Crippen LogP contribution in [0, 0.1) is 0 Å². The van der Waals surface area contributed by atoms with E-state index in [0.29, 0.717) is 0 Å². The first-order valence-corrected chi connectivity index (χ1v) is 4.88. The van der Waals surface area contributed by atoms with Gasteiger partial charge in [0.1, 0.15) is 0 Å². The average molecular weight is 161 g/mol. The molecule has 0 amide bonds. The number of pyridine rings is 1. The first-order valence-electron chi connectivity index (χ1n) is 4.88. The quantitative estimate of drug-likeness (QED) is 0.649. The molecule has 12 heavy (non-hydrogen) atoms. The smallest absolute Gasteiger partial charge is 0.0438 e. The fourth-order valence-corrected chi connectivity index (χ4v) is 1.86. The summed E-state index contributed by atoms with van der Waals surface area (Å²) in [6.07, 6.45) is 6.08. The molecule has 2 rings (SSSR count). The highest BCUT2D eigenvalue weighted by Crippen LogP contribution is 2.20. The van der Waals surface area contributed by atoms with E-state index in [1.54, 1.807) is 0 Å². The summed E-state index contributed by atoms with van der Waals surface area (Å²) in [5.41, 5.74) is 4.12. The zero-order valence-corrected chi connectivity index (χ0v) is 7.64. The Morgan fingerprint density at radius 1 is 1.33 bits per heavy atom. The minimum absolute atomic E-state index is 1.13. The van der Waals surface area contributed by atoms with E-state index in [9.17, 15) is 0 Å². The molecule has 64 valence electrons. The van der Waals surface area contributed by atoms with Gasteiger partial charge in [0.2, 0.25) is 0 Å². The van der Waals surface area contributed by atoms with Crippen molar-refractivity contribution in [2.24, 2.45) is 0 Å². The minimum atomic E-state index is 1.13. The minimum Gasteiger partial charge on any atom is -0.258 e. The van der Waals surface area contributed by atoms with Crippen LogP contribution in [0.3, 0.4) is 0 Å². The second kappa shape index (κ2) is 3.26. The van der Waals surface area contributed by atoms with Crippen molar-refractivity contribution in [1.29, 1.82) is 0 Å². The Kier molecular flexibility index (Phi) is 2.11. The third-order valence-electron chi connectivity index (χ3n) is 2.49. The Morgan fingerprint density at radius 2 is 2.25 bits per heavy atom. The van der Waals surface area contributed by atoms with Crippen LogP contribution in [0.5, 0.6) is 0 Å². The molecule has 1 aliphatic rings. The SMILES string of the molecule is CCCc1ccc2c(n1)CCC2. The van der Waals surface area contributed by atoms with Gasteiger partial charge in [-0.2, -0.15) is 0 Å². The van der Waals surface area contributed by atoms with Crippen LogP contribution in [-0.2, 0) is 19.3 Å². The molecule has 0 aromatic carbocycles. The van der Waals surface area contributed by atoms with Crippen molar-refractivity contribution in [3.63, 3.8) is 0 Å². The molecule has 0 spiro atoms. The standard InChI is InChI=1S/C11H15N/c1-2-4-10-8-7-9-5-3-6-11(9)12-10/h7-8H,2-6H2,1H3. The molecule has 0 atom stereocenters. The van der Waals surface area contributed by atoms with Crippen molar-refractivity contribution in [2.75, 3.05) is 0 Å². The van der Waals surface area contributed by atoms with E-state index in [-0.39, 0.29) is 0 Å². The zero-order chi connectivity index (χ0) is 8.39. The van der Waals surface area contributed by atoms with Crippen molar-refractivity contribution in [2.45, 2.75) is 39.0 Å². The van der Waals surface area contributed by atoms with Gasteiger partial charge in [0.15, 0.2) is 0 Å². The Morgan fingerprint density at radius 3 is 3.08 bits per heavy atom. The summed E-state index contributed by atoms with van der Waals surface area (Å²) in [6, 6.07) is 4.45. The molecule has 0 bridgehead atoms. The number of fused-ring (bicyclic) bond motifs is 1. The van der Waals surface area contributed by atoms with Gasteiger partial charge in [-0.25, -0.2) is 0 Å². The normalized spacial score (nSPS) is 14.8. The molecular formula is C11H15N. The molecule has 1 nitrogen and oxygen atoms in total. The Labute approximate surface area is 73.8 Å². The van der Waals surface area contributed by atoms with Gasteiger partial charge in [0.25, 0.3) is 0 Å². The van der Waals surface area contributed by atoms with E-state index in [0.717, 1.165) is 6.42 Å². The van der Waals surface area contributed by atoms with Crippen molar-refractivity contribution in [3.05, 3.63) is 29.1 Å². The Hall–Kier alpha value is -0.850. The largest absolute Gasteiger partial charge is 0.258 e. The lowest BCUT2D eigenvalue weighted by Crippen LogP contribution is -1.94. The summed E-state index contributed by atoms with van der Waals surface area (Å²) in [6.45, 7) is 2.20. The number of aromatic nitrogens is 1. The van der Waals surface area contributed by atoms with Gasteiger partial charge in [0, 0.05) is 11.4 Å². The van der Waals surface area contributed by atoms with Gasteiger partial charge in [-0.1, -0.05) is 19.4 Å². The van der Waals surface area contributed by atoms with Crippen LogP contribution in [0.4, 0.5) is 0 Å². The van der Waals surface area contributed by atoms with Gasteiger partial charge in [-0.3, -0.25) is 4.98 Å².